The lowest BCUT2D eigenvalue weighted by atomic mass is 10.2. The maximum atomic E-state index is 9.12. The van der Waals surface area contributed by atoms with Crippen LogP contribution in [0.4, 0.5) is 0 Å². The highest BCUT2D eigenvalue weighted by Gasteiger charge is 2.00. The van der Waals surface area contributed by atoms with Crippen molar-refractivity contribution >= 4 is 0 Å². The van der Waals surface area contributed by atoms with Gasteiger partial charge in [0.1, 0.15) is 12.4 Å². The van der Waals surface area contributed by atoms with Gasteiger partial charge in [-0.25, -0.2) is 0 Å². The second-order valence-corrected chi connectivity index (χ2v) is 4.34. The summed E-state index contributed by atoms with van der Waals surface area (Å²) < 4.78 is 5.44. The summed E-state index contributed by atoms with van der Waals surface area (Å²) in [6.07, 6.45) is -0.433. The lowest BCUT2D eigenvalue weighted by molar-refractivity contribution is 0.122. The summed E-state index contributed by atoms with van der Waals surface area (Å²) in [5, 5.41) is 12.5. The third kappa shape index (κ3) is 5.14. The first kappa shape index (κ1) is 13.0. The van der Waals surface area contributed by atoms with Gasteiger partial charge in [0.15, 0.2) is 0 Å². The van der Waals surface area contributed by atoms with Gasteiger partial charge in [-0.15, -0.1) is 0 Å². The molecule has 0 aliphatic heterocycles. The normalized spacial score (nSPS) is 12.8. The highest BCUT2D eigenvalue weighted by molar-refractivity contribution is 5.28. The van der Waals surface area contributed by atoms with Crippen LogP contribution in [0.2, 0.25) is 0 Å². The highest BCUT2D eigenvalue weighted by atomic mass is 16.5. The molecular weight excluding hydrogens is 202 g/mol. The molecule has 2 N–H and O–H groups in total. The van der Waals surface area contributed by atoms with Gasteiger partial charge in [0.05, 0.1) is 6.10 Å². The molecule has 0 heterocycles. The van der Waals surface area contributed by atoms with E-state index in [1.165, 1.54) is 5.56 Å². The second-order valence-electron chi connectivity index (χ2n) is 4.34. The lowest BCUT2D eigenvalue weighted by Crippen LogP contribution is -2.21. The summed E-state index contributed by atoms with van der Waals surface area (Å²) in [5.74, 6) is 0.809. The Labute approximate surface area is 97.4 Å². The van der Waals surface area contributed by atoms with Crippen LogP contribution in [0.3, 0.4) is 0 Å². The van der Waals surface area contributed by atoms with Gasteiger partial charge < -0.3 is 15.2 Å². The summed E-state index contributed by atoms with van der Waals surface area (Å²) in [6.45, 7) is 7.12. The molecule has 3 nitrogen and oxygen atoms in total. The summed E-state index contributed by atoms with van der Waals surface area (Å²) in [6, 6.07) is 8.40. The number of hydrogen-bond donors (Lipinski definition) is 2. The highest BCUT2D eigenvalue weighted by Crippen LogP contribution is 2.13. The first-order chi connectivity index (χ1) is 7.58. The summed E-state index contributed by atoms with van der Waals surface area (Å²) in [7, 11) is 0. The molecule has 1 aromatic carbocycles. The summed E-state index contributed by atoms with van der Waals surface area (Å²) in [4.78, 5) is 0. The maximum absolute atomic E-state index is 9.12. The van der Waals surface area contributed by atoms with Crippen LogP contribution in [0.1, 0.15) is 26.3 Å². The first-order valence-electron chi connectivity index (χ1n) is 5.71. The number of benzene rings is 1. The zero-order chi connectivity index (χ0) is 12.0. The van der Waals surface area contributed by atoms with Gasteiger partial charge in [0.25, 0.3) is 0 Å². The number of nitrogens with one attached hydrogen (secondary N) is 1. The fourth-order valence-corrected chi connectivity index (χ4v) is 1.28. The van der Waals surface area contributed by atoms with Gasteiger partial charge in [-0.2, -0.15) is 0 Å². The molecule has 16 heavy (non-hydrogen) atoms. The molecule has 0 aliphatic rings. The van der Waals surface area contributed by atoms with Crippen molar-refractivity contribution in [3.8, 4) is 5.75 Å². The fourth-order valence-electron chi connectivity index (χ4n) is 1.28. The molecular formula is C13H21NO2. The minimum atomic E-state index is -0.433. The Kier molecular flexibility index (Phi) is 5.29. The van der Waals surface area contributed by atoms with Crippen molar-refractivity contribution in [1.29, 1.82) is 0 Å². The van der Waals surface area contributed by atoms with Gasteiger partial charge in [-0.3, -0.25) is 0 Å². The average Bonchev–Trinajstić information content (AvgIpc) is 2.24. The van der Waals surface area contributed by atoms with E-state index in [0.29, 0.717) is 12.6 Å². The Morgan fingerprint density at radius 3 is 2.69 bits per heavy atom. The predicted molar refractivity (Wildman–Crippen MR) is 65.6 cm³/mol. The van der Waals surface area contributed by atoms with Gasteiger partial charge in [0.2, 0.25) is 0 Å². The number of aliphatic hydroxyl groups is 1. The number of hydrogen-bond acceptors (Lipinski definition) is 3. The molecule has 1 aromatic rings. The Bertz CT molecular complexity index is 283. The van der Waals surface area contributed by atoms with Crippen LogP contribution in [-0.4, -0.2) is 23.9 Å². The van der Waals surface area contributed by atoms with E-state index >= 15 is 0 Å². The van der Waals surface area contributed by atoms with E-state index in [9.17, 15) is 0 Å². The summed E-state index contributed by atoms with van der Waals surface area (Å²) in [5.41, 5.74) is 1.19. The van der Waals surface area contributed by atoms with Gasteiger partial charge in [0, 0.05) is 12.6 Å². The zero-order valence-corrected chi connectivity index (χ0v) is 10.2. The minimum absolute atomic E-state index is 0.334. The number of ether oxygens (including phenoxy) is 1. The lowest BCUT2D eigenvalue weighted by Gasteiger charge is -2.11. The molecule has 1 rings (SSSR count). The van der Waals surface area contributed by atoms with E-state index in [0.717, 1.165) is 12.3 Å². The molecule has 1 atom stereocenters. The van der Waals surface area contributed by atoms with E-state index in [1.54, 1.807) is 6.92 Å². The first-order valence-corrected chi connectivity index (χ1v) is 5.71. The van der Waals surface area contributed by atoms with Crippen LogP contribution in [0, 0.1) is 0 Å². The molecule has 0 fully saturated rings. The van der Waals surface area contributed by atoms with Gasteiger partial charge >= 0.3 is 0 Å². The molecule has 1 unspecified atom stereocenters. The van der Waals surface area contributed by atoms with E-state index in [2.05, 4.69) is 25.2 Å². The third-order valence-electron chi connectivity index (χ3n) is 2.10. The smallest absolute Gasteiger partial charge is 0.119 e. The van der Waals surface area contributed by atoms with Crippen molar-refractivity contribution in [2.45, 2.75) is 39.5 Å². The van der Waals surface area contributed by atoms with Crippen LogP contribution in [0.15, 0.2) is 24.3 Å². The predicted octanol–water partition coefficient (Wildman–Crippen LogP) is 1.94. The van der Waals surface area contributed by atoms with Crippen molar-refractivity contribution in [3.63, 3.8) is 0 Å². The van der Waals surface area contributed by atoms with Crippen molar-refractivity contribution in [2.24, 2.45) is 0 Å². The molecule has 0 aliphatic carbocycles. The Hall–Kier alpha value is -1.06. The van der Waals surface area contributed by atoms with E-state index < -0.39 is 6.10 Å². The average molecular weight is 223 g/mol. The van der Waals surface area contributed by atoms with E-state index in [1.807, 2.05) is 18.2 Å². The van der Waals surface area contributed by atoms with Crippen molar-refractivity contribution in [1.82, 2.24) is 5.32 Å². The maximum Gasteiger partial charge on any atom is 0.119 e. The van der Waals surface area contributed by atoms with Crippen LogP contribution in [0.25, 0.3) is 0 Å². The van der Waals surface area contributed by atoms with Crippen molar-refractivity contribution in [2.75, 3.05) is 6.61 Å². The Morgan fingerprint density at radius 2 is 2.06 bits per heavy atom. The molecule has 90 valence electrons. The molecule has 0 bridgehead atoms. The molecule has 0 aromatic heterocycles. The molecule has 0 radical (unpaired) electrons. The standard InChI is InChI=1S/C13H21NO2/c1-10(2)14-8-12-5-4-6-13(7-12)16-9-11(3)15/h4-7,10-11,14-15H,8-9H2,1-3H3. The van der Waals surface area contributed by atoms with Crippen LogP contribution in [0.5, 0.6) is 5.75 Å². The number of aliphatic hydroxyl groups excluding tert-OH is 1. The van der Waals surface area contributed by atoms with Crippen LogP contribution >= 0.6 is 0 Å². The summed E-state index contributed by atoms with van der Waals surface area (Å²) >= 11 is 0. The monoisotopic (exact) mass is 223 g/mol. The van der Waals surface area contributed by atoms with Crippen molar-refractivity contribution < 1.29 is 9.84 Å². The largest absolute Gasteiger partial charge is 0.491 e. The molecule has 0 amide bonds. The Morgan fingerprint density at radius 1 is 1.31 bits per heavy atom. The van der Waals surface area contributed by atoms with Crippen molar-refractivity contribution in [3.05, 3.63) is 29.8 Å². The molecule has 3 heteroatoms. The van der Waals surface area contributed by atoms with E-state index in [4.69, 9.17) is 9.84 Å². The zero-order valence-electron chi connectivity index (χ0n) is 10.2. The fraction of sp³-hybridized carbons (Fsp3) is 0.538. The SMILES string of the molecule is CC(O)COc1cccc(CNC(C)C)c1. The molecule has 0 spiro atoms. The van der Waals surface area contributed by atoms with E-state index in [-0.39, 0.29) is 0 Å². The third-order valence-corrected chi connectivity index (χ3v) is 2.10. The number of rotatable bonds is 6. The van der Waals surface area contributed by atoms with Gasteiger partial charge in [-0.05, 0) is 24.6 Å². The molecule has 0 saturated carbocycles. The van der Waals surface area contributed by atoms with Gasteiger partial charge in [-0.1, -0.05) is 26.0 Å². The minimum Gasteiger partial charge on any atom is -0.491 e. The topological polar surface area (TPSA) is 41.5 Å². The quantitative estimate of drug-likeness (QED) is 0.774. The second kappa shape index (κ2) is 6.51. The van der Waals surface area contributed by atoms with Crippen LogP contribution < -0.4 is 10.1 Å². The Balaban J connectivity index is 2.50. The van der Waals surface area contributed by atoms with Crippen LogP contribution in [-0.2, 0) is 6.54 Å². The molecule has 0 saturated heterocycles.